The smallest absolute Gasteiger partial charge is 0.116 e. The molecule has 3 aromatic rings. The highest BCUT2D eigenvalue weighted by Crippen LogP contribution is 2.17. The molecule has 0 bridgehead atoms. The van der Waals surface area contributed by atoms with Gasteiger partial charge in [0.1, 0.15) is 18.3 Å². The molecular weight excluding hydrogens is 376 g/mol. The van der Waals surface area contributed by atoms with Crippen molar-refractivity contribution < 1.29 is 19.7 Å². The Labute approximate surface area is 178 Å². The van der Waals surface area contributed by atoms with Gasteiger partial charge in [-0.3, -0.25) is 0 Å². The van der Waals surface area contributed by atoms with Gasteiger partial charge in [-0.15, -0.1) is 0 Å². The zero-order chi connectivity index (χ0) is 21.0. The van der Waals surface area contributed by atoms with Gasteiger partial charge >= 0.3 is 0 Å². The monoisotopic (exact) mass is 404 g/mol. The number of aliphatic hydroxyl groups is 2. The Morgan fingerprint density at radius 1 is 0.700 bits per heavy atom. The van der Waals surface area contributed by atoms with Crippen molar-refractivity contribution in [3.05, 3.63) is 114 Å². The van der Waals surface area contributed by atoms with Crippen molar-refractivity contribution in [1.82, 2.24) is 0 Å². The molecular formula is C26H28O4. The summed E-state index contributed by atoms with van der Waals surface area (Å²) in [6.45, 7) is 0.269. The summed E-state index contributed by atoms with van der Waals surface area (Å²) in [7, 11) is 0. The highest BCUT2D eigenvalue weighted by Gasteiger charge is 2.28. The molecule has 3 rings (SSSR count). The van der Waals surface area contributed by atoms with E-state index in [-0.39, 0.29) is 0 Å². The Morgan fingerprint density at radius 3 is 1.73 bits per heavy atom. The molecule has 0 aromatic heterocycles. The van der Waals surface area contributed by atoms with E-state index >= 15 is 0 Å². The molecule has 0 spiro atoms. The van der Waals surface area contributed by atoms with Gasteiger partial charge in [-0.25, -0.2) is 0 Å². The van der Waals surface area contributed by atoms with E-state index in [9.17, 15) is 10.2 Å². The molecule has 30 heavy (non-hydrogen) atoms. The molecule has 0 radical (unpaired) electrons. The van der Waals surface area contributed by atoms with Gasteiger partial charge in [-0.2, -0.15) is 0 Å². The van der Waals surface area contributed by atoms with Gasteiger partial charge in [0, 0.05) is 0 Å². The van der Waals surface area contributed by atoms with Crippen LogP contribution in [0.1, 0.15) is 16.7 Å². The maximum absolute atomic E-state index is 10.5. The molecule has 0 heterocycles. The Balaban J connectivity index is 1.78. The van der Waals surface area contributed by atoms with E-state index < -0.39 is 24.9 Å². The fraction of sp³-hybridized carbons (Fsp3) is 0.231. The average Bonchev–Trinajstić information content (AvgIpc) is 2.82. The fourth-order valence-corrected chi connectivity index (χ4v) is 3.09. The summed E-state index contributed by atoms with van der Waals surface area (Å²) in [4.78, 5) is 0. The zero-order valence-electron chi connectivity index (χ0n) is 16.9. The van der Waals surface area contributed by atoms with E-state index in [0.29, 0.717) is 13.2 Å². The molecule has 0 fully saturated rings. The van der Waals surface area contributed by atoms with E-state index in [2.05, 4.69) is 0 Å². The fourth-order valence-electron chi connectivity index (χ4n) is 3.09. The molecule has 0 amide bonds. The van der Waals surface area contributed by atoms with Crippen LogP contribution in [0.3, 0.4) is 0 Å². The molecule has 3 atom stereocenters. The minimum atomic E-state index is -1.07. The van der Waals surface area contributed by atoms with E-state index in [1.165, 1.54) is 0 Å². The van der Waals surface area contributed by atoms with Gasteiger partial charge in [0.25, 0.3) is 0 Å². The van der Waals surface area contributed by atoms with Crippen LogP contribution in [0.15, 0.2) is 97.1 Å². The quantitative estimate of drug-likeness (QED) is 0.502. The van der Waals surface area contributed by atoms with Gasteiger partial charge in [-0.05, 0) is 16.7 Å². The largest absolute Gasteiger partial charge is 0.394 e. The molecule has 0 aliphatic rings. The second-order valence-electron chi connectivity index (χ2n) is 7.04. The molecule has 0 saturated heterocycles. The van der Waals surface area contributed by atoms with Crippen molar-refractivity contribution in [3.8, 4) is 0 Å². The van der Waals surface area contributed by atoms with Crippen LogP contribution in [-0.2, 0) is 22.7 Å². The third-order valence-corrected chi connectivity index (χ3v) is 4.74. The average molecular weight is 405 g/mol. The van der Waals surface area contributed by atoms with E-state index in [0.717, 1.165) is 16.7 Å². The van der Waals surface area contributed by atoms with Crippen molar-refractivity contribution in [3.63, 3.8) is 0 Å². The molecule has 0 aliphatic carbocycles. The lowest BCUT2D eigenvalue weighted by Crippen LogP contribution is -2.42. The SMILES string of the molecule is OC[C@@H](O)[C@@H](OCc1ccccc1)[C@@H](/C=C/c1ccccc1)OCc1ccccc1. The zero-order valence-corrected chi connectivity index (χ0v) is 16.9. The Kier molecular flexibility index (Phi) is 8.81. The van der Waals surface area contributed by atoms with Crippen LogP contribution in [0.4, 0.5) is 0 Å². The number of aliphatic hydroxyl groups excluding tert-OH is 2. The number of ether oxygens (including phenoxy) is 2. The van der Waals surface area contributed by atoms with Gasteiger partial charge in [-0.1, -0.05) is 103 Å². The van der Waals surface area contributed by atoms with E-state index in [1.54, 1.807) is 0 Å². The lowest BCUT2D eigenvalue weighted by Gasteiger charge is -2.28. The van der Waals surface area contributed by atoms with Crippen molar-refractivity contribution >= 4 is 6.08 Å². The van der Waals surface area contributed by atoms with Crippen LogP contribution in [0, 0.1) is 0 Å². The lowest BCUT2D eigenvalue weighted by molar-refractivity contribution is -0.126. The van der Waals surface area contributed by atoms with Crippen molar-refractivity contribution in [1.29, 1.82) is 0 Å². The van der Waals surface area contributed by atoms with Crippen LogP contribution in [0.2, 0.25) is 0 Å². The number of hydrogen-bond donors (Lipinski definition) is 2. The second-order valence-corrected chi connectivity index (χ2v) is 7.04. The van der Waals surface area contributed by atoms with Gasteiger partial charge in [0.15, 0.2) is 0 Å². The van der Waals surface area contributed by atoms with Crippen molar-refractivity contribution in [2.75, 3.05) is 6.61 Å². The molecule has 3 aromatic carbocycles. The molecule has 0 unspecified atom stereocenters. The van der Waals surface area contributed by atoms with Crippen LogP contribution in [0.5, 0.6) is 0 Å². The van der Waals surface area contributed by atoms with Crippen LogP contribution in [0.25, 0.3) is 6.08 Å². The van der Waals surface area contributed by atoms with Crippen LogP contribution in [-0.4, -0.2) is 35.1 Å². The molecule has 4 nitrogen and oxygen atoms in total. The summed E-state index contributed by atoms with van der Waals surface area (Å²) in [5.74, 6) is 0. The summed E-state index contributed by atoms with van der Waals surface area (Å²) in [5.41, 5.74) is 3.03. The lowest BCUT2D eigenvalue weighted by atomic mass is 10.1. The van der Waals surface area contributed by atoms with Gasteiger partial charge in [0.2, 0.25) is 0 Å². The summed E-state index contributed by atoms with van der Waals surface area (Å²) in [5, 5.41) is 20.1. The molecule has 4 heteroatoms. The van der Waals surface area contributed by atoms with E-state index in [4.69, 9.17) is 9.47 Å². The summed E-state index contributed by atoms with van der Waals surface area (Å²) in [6.07, 6.45) is 1.48. The first-order valence-electron chi connectivity index (χ1n) is 10.1. The highest BCUT2D eigenvalue weighted by atomic mass is 16.5. The van der Waals surface area contributed by atoms with Gasteiger partial charge < -0.3 is 19.7 Å². The molecule has 0 aliphatic heterocycles. The third kappa shape index (κ3) is 6.94. The normalized spacial score (nSPS) is 14.5. The standard InChI is InChI=1S/C26H28O4/c27-18-24(28)26(30-20-23-14-8-3-9-15-23)25(17-16-21-10-4-1-5-11-21)29-19-22-12-6-2-7-13-22/h1-17,24-28H,18-20H2/b17-16+/t24-,25-,26-/m1/s1. The maximum Gasteiger partial charge on any atom is 0.116 e. The summed E-state index contributed by atoms with van der Waals surface area (Å²) < 4.78 is 12.2. The maximum atomic E-state index is 10.5. The number of rotatable bonds is 11. The van der Waals surface area contributed by atoms with Crippen molar-refractivity contribution in [2.45, 2.75) is 31.5 Å². The Bertz CT molecular complexity index is 865. The molecule has 0 saturated carbocycles. The Morgan fingerprint density at radius 2 is 1.20 bits per heavy atom. The molecule has 2 N–H and O–H groups in total. The first kappa shape index (κ1) is 21.9. The topological polar surface area (TPSA) is 58.9 Å². The Hall–Kier alpha value is -2.76. The van der Waals surface area contributed by atoms with Gasteiger partial charge in [0.05, 0.1) is 19.8 Å². The minimum absolute atomic E-state index is 0.312. The summed E-state index contributed by atoms with van der Waals surface area (Å²) in [6, 6.07) is 29.5. The highest BCUT2D eigenvalue weighted by molar-refractivity contribution is 5.49. The minimum Gasteiger partial charge on any atom is -0.394 e. The number of benzene rings is 3. The first-order chi connectivity index (χ1) is 14.8. The number of hydrogen-bond acceptors (Lipinski definition) is 4. The second kappa shape index (κ2) is 12.1. The van der Waals surface area contributed by atoms with E-state index in [1.807, 2.05) is 103 Å². The first-order valence-corrected chi connectivity index (χ1v) is 10.1. The third-order valence-electron chi connectivity index (χ3n) is 4.74. The van der Waals surface area contributed by atoms with Crippen molar-refractivity contribution in [2.24, 2.45) is 0 Å². The molecule has 156 valence electrons. The van der Waals surface area contributed by atoms with Crippen LogP contribution >= 0.6 is 0 Å². The predicted molar refractivity (Wildman–Crippen MR) is 119 cm³/mol. The summed E-state index contributed by atoms with van der Waals surface area (Å²) >= 11 is 0. The predicted octanol–water partition coefficient (Wildman–Crippen LogP) is 4.22. The van der Waals surface area contributed by atoms with Crippen LogP contribution < -0.4 is 0 Å².